The quantitative estimate of drug-likeness (QED) is 0.723. The average Bonchev–Trinajstić information content (AvgIpc) is 2.30. The molecule has 1 unspecified atom stereocenters. The first-order chi connectivity index (χ1) is 8.51. The summed E-state index contributed by atoms with van der Waals surface area (Å²) in [6.45, 7) is 8.90. The van der Waals surface area contributed by atoms with Gasteiger partial charge in [-0.1, -0.05) is 32.8 Å². The van der Waals surface area contributed by atoms with Crippen LogP contribution in [0.2, 0.25) is 0 Å². The number of Topliss-reactive ketones (excluding diaryl/α,β-unsaturated/α-hetero) is 1. The highest BCUT2D eigenvalue weighted by molar-refractivity contribution is 5.85. The second-order valence-electron chi connectivity index (χ2n) is 4.82. The van der Waals surface area contributed by atoms with Gasteiger partial charge in [0.1, 0.15) is 5.78 Å². The predicted octanol–water partition coefficient (Wildman–Crippen LogP) is 3.10. The maximum absolute atomic E-state index is 11.4. The number of hydrogen-bond donors (Lipinski definition) is 0. The summed E-state index contributed by atoms with van der Waals surface area (Å²) in [6.07, 6.45) is 5.05. The van der Waals surface area contributed by atoms with E-state index in [-0.39, 0.29) is 11.8 Å². The van der Waals surface area contributed by atoms with E-state index in [0.717, 1.165) is 19.4 Å². The molecule has 0 bridgehead atoms. The predicted molar refractivity (Wildman–Crippen MR) is 79.4 cm³/mol. The molecule has 0 amide bonds. The summed E-state index contributed by atoms with van der Waals surface area (Å²) in [5, 5.41) is 0. The maximum Gasteiger partial charge on any atom is 0.147 e. The third-order valence-corrected chi connectivity index (χ3v) is 3.03. The molecular weight excluding hydrogens is 224 g/mol. The van der Waals surface area contributed by atoms with Gasteiger partial charge in [0.15, 0.2) is 0 Å². The fraction of sp³-hybridized carbons (Fsp3) is 0.733. The molecule has 104 valence electrons. The summed E-state index contributed by atoms with van der Waals surface area (Å²) in [4.78, 5) is 17.6. The van der Waals surface area contributed by atoms with Crippen molar-refractivity contribution in [1.82, 2.24) is 4.90 Å². The van der Waals surface area contributed by atoms with Crippen LogP contribution in [0.25, 0.3) is 0 Å². The lowest BCUT2D eigenvalue weighted by molar-refractivity contribution is -0.121. The van der Waals surface area contributed by atoms with Crippen molar-refractivity contribution < 1.29 is 4.79 Å². The third-order valence-electron chi connectivity index (χ3n) is 3.03. The Labute approximate surface area is 112 Å². The molecule has 0 saturated heterocycles. The fourth-order valence-corrected chi connectivity index (χ4v) is 2.12. The molecule has 18 heavy (non-hydrogen) atoms. The molecule has 0 aliphatic carbocycles. The Hall–Kier alpha value is -0.960. The highest BCUT2D eigenvalue weighted by Gasteiger charge is 2.26. The SMILES string of the molecule is CCC.CCC1=C(C=NC)CN(C)C(C(C)=O)C1. The second-order valence-corrected chi connectivity index (χ2v) is 4.82. The van der Waals surface area contributed by atoms with Crippen LogP contribution in [0.1, 0.15) is 47.0 Å². The van der Waals surface area contributed by atoms with E-state index in [2.05, 4.69) is 30.7 Å². The number of hydrogen-bond acceptors (Lipinski definition) is 3. The minimum Gasteiger partial charge on any atom is -0.298 e. The second kappa shape index (κ2) is 9.03. The Morgan fingerprint density at radius 1 is 1.44 bits per heavy atom. The lowest BCUT2D eigenvalue weighted by Gasteiger charge is -2.33. The van der Waals surface area contributed by atoms with Crippen LogP contribution in [-0.4, -0.2) is 43.6 Å². The molecule has 1 rings (SSSR count). The Balaban J connectivity index is 0.000000873. The van der Waals surface area contributed by atoms with Gasteiger partial charge in [0.2, 0.25) is 0 Å². The Morgan fingerprint density at radius 2 is 2.00 bits per heavy atom. The van der Waals surface area contributed by atoms with Gasteiger partial charge in [-0.15, -0.1) is 0 Å². The number of ketones is 1. The molecule has 1 heterocycles. The van der Waals surface area contributed by atoms with Crippen molar-refractivity contribution in [3.8, 4) is 0 Å². The Bertz CT molecular complexity index is 318. The van der Waals surface area contributed by atoms with Crippen LogP contribution in [-0.2, 0) is 4.79 Å². The first-order valence-corrected chi connectivity index (χ1v) is 6.85. The van der Waals surface area contributed by atoms with E-state index in [0.29, 0.717) is 0 Å². The number of rotatable bonds is 3. The molecule has 3 nitrogen and oxygen atoms in total. The minimum atomic E-state index is 0.0638. The van der Waals surface area contributed by atoms with Crippen LogP contribution in [0.5, 0.6) is 0 Å². The highest BCUT2D eigenvalue weighted by atomic mass is 16.1. The standard InChI is InChI=1S/C12H20N2O.C3H8/c1-5-10-6-12(9(2)15)14(4)8-11(10)7-13-3;1-3-2/h7,12H,5-6,8H2,1-4H3;3H2,1-2H3. The molecule has 0 aromatic heterocycles. The molecule has 1 aliphatic rings. The van der Waals surface area contributed by atoms with Gasteiger partial charge in [-0.3, -0.25) is 14.7 Å². The zero-order valence-corrected chi connectivity index (χ0v) is 12.8. The number of carbonyl (C=O) groups is 1. The molecule has 1 atom stereocenters. The van der Waals surface area contributed by atoms with Crippen molar-refractivity contribution >= 4 is 12.0 Å². The fourth-order valence-electron chi connectivity index (χ4n) is 2.12. The molecule has 0 saturated carbocycles. The molecule has 0 aromatic rings. The van der Waals surface area contributed by atoms with E-state index in [1.807, 2.05) is 13.3 Å². The van der Waals surface area contributed by atoms with Crippen molar-refractivity contribution in [1.29, 1.82) is 0 Å². The van der Waals surface area contributed by atoms with Crippen molar-refractivity contribution in [3.05, 3.63) is 11.1 Å². The van der Waals surface area contributed by atoms with E-state index >= 15 is 0 Å². The van der Waals surface area contributed by atoms with E-state index in [1.165, 1.54) is 17.6 Å². The molecule has 0 aromatic carbocycles. The van der Waals surface area contributed by atoms with Gasteiger partial charge < -0.3 is 0 Å². The minimum absolute atomic E-state index is 0.0638. The molecule has 0 radical (unpaired) electrons. The van der Waals surface area contributed by atoms with Crippen molar-refractivity contribution in [2.45, 2.75) is 53.0 Å². The number of nitrogens with zero attached hydrogens (tertiary/aromatic N) is 2. The van der Waals surface area contributed by atoms with Gasteiger partial charge >= 0.3 is 0 Å². The Kier molecular flexibility index (Phi) is 8.55. The monoisotopic (exact) mass is 252 g/mol. The topological polar surface area (TPSA) is 32.7 Å². The highest BCUT2D eigenvalue weighted by Crippen LogP contribution is 2.24. The van der Waals surface area contributed by atoms with Crippen molar-refractivity contribution in [2.75, 3.05) is 20.6 Å². The molecule has 3 heteroatoms. The first kappa shape index (κ1) is 17.0. The first-order valence-electron chi connectivity index (χ1n) is 6.85. The Morgan fingerprint density at radius 3 is 2.39 bits per heavy atom. The van der Waals surface area contributed by atoms with E-state index in [9.17, 15) is 4.79 Å². The number of carbonyl (C=O) groups excluding carboxylic acids is 1. The van der Waals surface area contributed by atoms with E-state index in [1.54, 1.807) is 14.0 Å². The average molecular weight is 252 g/mol. The van der Waals surface area contributed by atoms with E-state index < -0.39 is 0 Å². The van der Waals surface area contributed by atoms with Crippen molar-refractivity contribution in [3.63, 3.8) is 0 Å². The molecule has 0 spiro atoms. The van der Waals surface area contributed by atoms with Gasteiger partial charge in [-0.2, -0.15) is 0 Å². The van der Waals surface area contributed by atoms with Gasteiger partial charge in [0.25, 0.3) is 0 Å². The molecule has 0 fully saturated rings. The zero-order chi connectivity index (χ0) is 14.1. The van der Waals surface area contributed by atoms with Gasteiger partial charge in [-0.25, -0.2) is 0 Å². The smallest absolute Gasteiger partial charge is 0.147 e. The van der Waals surface area contributed by atoms with Crippen LogP contribution >= 0.6 is 0 Å². The van der Waals surface area contributed by atoms with Gasteiger partial charge in [-0.05, 0) is 32.4 Å². The number of likely N-dealkylation sites (N-methyl/N-ethyl adjacent to an activating group) is 1. The third kappa shape index (κ3) is 5.13. The van der Waals surface area contributed by atoms with Gasteiger partial charge in [0.05, 0.1) is 6.04 Å². The van der Waals surface area contributed by atoms with Crippen LogP contribution in [0.3, 0.4) is 0 Å². The van der Waals surface area contributed by atoms with Crippen LogP contribution < -0.4 is 0 Å². The lowest BCUT2D eigenvalue weighted by Crippen LogP contribution is -2.42. The normalized spacial score (nSPS) is 20.9. The van der Waals surface area contributed by atoms with Crippen LogP contribution in [0.15, 0.2) is 16.1 Å². The molecular formula is C15H28N2O. The molecule has 1 aliphatic heterocycles. The van der Waals surface area contributed by atoms with Crippen molar-refractivity contribution in [2.24, 2.45) is 4.99 Å². The summed E-state index contributed by atoms with van der Waals surface area (Å²) < 4.78 is 0. The van der Waals surface area contributed by atoms with Crippen LogP contribution in [0.4, 0.5) is 0 Å². The van der Waals surface area contributed by atoms with Gasteiger partial charge in [0, 0.05) is 19.8 Å². The zero-order valence-electron chi connectivity index (χ0n) is 12.8. The molecule has 0 N–H and O–H groups in total. The lowest BCUT2D eigenvalue weighted by atomic mass is 9.91. The summed E-state index contributed by atoms with van der Waals surface area (Å²) in [7, 11) is 3.79. The van der Waals surface area contributed by atoms with Crippen LogP contribution in [0, 0.1) is 0 Å². The summed E-state index contributed by atoms with van der Waals surface area (Å²) in [6, 6.07) is 0.0638. The van der Waals surface area contributed by atoms with E-state index in [4.69, 9.17) is 0 Å². The maximum atomic E-state index is 11.4. The summed E-state index contributed by atoms with van der Waals surface area (Å²) in [5.41, 5.74) is 2.65. The summed E-state index contributed by atoms with van der Waals surface area (Å²) in [5.74, 6) is 0.260. The largest absolute Gasteiger partial charge is 0.298 e. The number of aliphatic imine (C=N–C) groups is 1. The summed E-state index contributed by atoms with van der Waals surface area (Å²) >= 11 is 0.